The average Bonchev–Trinajstić information content (AvgIpc) is 2.55. The van der Waals surface area contributed by atoms with Crippen molar-refractivity contribution >= 4 is 20.1 Å². The van der Waals surface area contributed by atoms with Gasteiger partial charge in [-0.05, 0) is 12.8 Å². The van der Waals surface area contributed by atoms with E-state index in [0.29, 0.717) is 12.8 Å². The molecule has 0 aliphatic carbocycles. The fourth-order valence-electron chi connectivity index (χ4n) is 2.33. The van der Waals surface area contributed by atoms with Gasteiger partial charge in [0.2, 0.25) is 0 Å². The monoisotopic (exact) mass is 465 g/mol. The lowest BCUT2D eigenvalue weighted by Gasteiger charge is -2.33. The van der Waals surface area contributed by atoms with E-state index < -0.39 is 49.7 Å². The van der Waals surface area contributed by atoms with Crippen LogP contribution in [0.25, 0.3) is 0 Å². The SMILES string of the molecule is CCCCCCCCN(CCC)S(=O)(=O)C(F)(F)C(F)(F)C(F)(F)S(=O)(=O)O. The minimum absolute atomic E-state index is 0.0271. The minimum atomic E-state index is -7.02. The second-order valence-corrected chi connectivity index (χ2v) is 9.70. The van der Waals surface area contributed by atoms with Gasteiger partial charge in [0.1, 0.15) is 0 Å². The van der Waals surface area contributed by atoms with E-state index in [4.69, 9.17) is 4.55 Å². The third-order valence-corrected chi connectivity index (χ3v) is 6.81. The lowest BCUT2D eigenvalue weighted by Crippen LogP contribution is -2.63. The number of nitrogens with zero attached hydrogens (tertiary/aromatic N) is 1. The van der Waals surface area contributed by atoms with E-state index in [0.717, 1.165) is 19.3 Å². The van der Waals surface area contributed by atoms with Crippen LogP contribution in [0.5, 0.6) is 0 Å². The smallest absolute Gasteiger partial charge is 0.281 e. The summed E-state index contributed by atoms with van der Waals surface area (Å²) in [4.78, 5) is 0. The molecule has 0 atom stereocenters. The summed E-state index contributed by atoms with van der Waals surface area (Å²) < 4.78 is 135. The van der Waals surface area contributed by atoms with Crippen molar-refractivity contribution in [2.75, 3.05) is 13.1 Å². The molecule has 0 rings (SSSR count). The van der Waals surface area contributed by atoms with Crippen LogP contribution < -0.4 is 0 Å². The molecule has 0 heterocycles. The van der Waals surface area contributed by atoms with Crippen molar-refractivity contribution in [2.45, 2.75) is 75.2 Å². The predicted octanol–water partition coefficient (Wildman–Crippen LogP) is 4.10. The van der Waals surface area contributed by atoms with Gasteiger partial charge in [-0.3, -0.25) is 4.55 Å². The van der Waals surface area contributed by atoms with Crippen molar-refractivity contribution in [2.24, 2.45) is 0 Å². The molecule has 14 heteroatoms. The summed E-state index contributed by atoms with van der Waals surface area (Å²) in [7, 11) is -13.4. The van der Waals surface area contributed by atoms with Gasteiger partial charge in [0.15, 0.2) is 0 Å². The molecule has 28 heavy (non-hydrogen) atoms. The molecule has 170 valence electrons. The number of hydrogen-bond acceptors (Lipinski definition) is 4. The maximum atomic E-state index is 14.0. The number of hydrogen-bond donors (Lipinski definition) is 1. The zero-order chi connectivity index (χ0) is 22.4. The van der Waals surface area contributed by atoms with E-state index in [1.807, 2.05) is 6.92 Å². The van der Waals surface area contributed by atoms with Crippen LogP contribution in [0.1, 0.15) is 58.8 Å². The van der Waals surface area contributed by atoms with Crippen LogP contribution in [0, 0.1) is 0 Å². The van der Waals surface area contributed by atoms with E-state index in [-0.39, 0.29) is 17.1 Å². The van der Waals surface area contributed by atoms with Crippen molar-refractivity contribution in [3.63, 3.8) is 0 Å². The number of halogens is 6. The van der Waals surface area contributed by atoms with Crippen LogP contribution >= 0.6 is 0 Å². The number of rotatable bonds is 14. The highest BCUT2D eigenvalue weighted by Crippen LogP contribution is 2.51. The normalized spacial score (nSPS) is 14.6. The van der Waals surface area contributed by atoms with E-state index in [1.54, 1.807) is 0 Å². The Balaban J connectivity index is 5.67. The largest absolute Gasteiger partial charge is 0.439 e. The van der Waals surface area contributed by atoms with Gasteiger partial charge in [-0.2, -0.15) is 39.1 Å². The van der Waals surface area contributed by atoms with Crippen LogP contribution in [-0.4, -0.2) is 55.2 Å². The second kappa shape index (κ2) is 9.94. The Morgan fingerprint density at radius 3 is 1.61 bits per heavy atom. The molecule has 0 aromatic heterocycles. The van der Waals surface area contributed by atoms with Gasteiger partial charge in [0, 0.05) is 13.1 Å². The standard InChI is InChI=1S/C14H25F6NO5S2/c1-3-5-6-7-8-9-11-21(10-4-2)27(22,23)13(17,18)12(15,16)14(19,20)28(24,25)26/h3-11H2,1-2H3,(H,24,25,26). The maximum absolute atomic E-state index is 14.0. The number of sulfonamides is 1. The van der Waals surface area contributed by atoms with Crippen LogP contribution in [0.4, 0.5) is 26.3 Å². The Hall–Kier alpha value is -0.600. The molecule has 0 unspecified atom stereocenters. The molecule has 0 aromatic carbocycles. The van der Waals surface area contributed by atoms with Gasteiger partial charge >= 0.3 is 26.5 Å². The van der Waals surface area contributed by atoms with Crippen molar-refractivity contribution < 1.29 is 47.7 Å². The zero-order valence-electron chi connectivity index (χ0n) is 15.5. The number of unbranched alkanes of at least 4 members (excludes halogenated alkanes) is 5. The van der Waals surface area contributed by atoms with Crippen LogP contribution in [0.2, 0.25) is 0 Å². The van der Waals surface area contributed by atoms with Gasteiger partial charge in [-0.15, -0.1) is 0 Å². The molecule has 0 amide bonds. The van der Waals surface area contributed by atoms with Gasteiger partial charge in [0.25, 0.3) is 10.0 Å². The fourth-order valence-corrected chi connectivity index (χ4v) is 4.41. The van der Waals surface area contributed by atoms with Crippen molar-refractivity contribution in [1.82, 2.24) is 4.31 Å². The molecule has 0 saturated heterocycles. The topological polar surface area (TPSA) is 91.8 Å². The maximum Gasteiger partial charge on any atom is 0.439 e. The Labute approximate surface area is 161 Å². The van der Waals surface area contributed by atoms with Gasteiger partial charge in [0.05, 0.1) is 0 Å². The van der Waals surface area contributed by atoms with Crippen LogP contribution in [0.3, 0.4) is 0 Å². The Bertz CT molecular complexity index is 697. The lowest BCUT2D eigenvalue weighted by molar-refractivity contribution is -0.246. The van der Waals surface area contributed by atoms with Crippen molar-refractivity contribution in [3.8, 4) is 0 Å². The molecule has 0 spiro atoms. The molecule has 0 aliphatic heterocycles. The quantitative estimate of drug-likeness (QED) is 0.237. The minimum Gasteiger partial charge on any atom is -0.281 e. The van der Waals surface area contributed by atoms with Crippen molar-refractivity contribution in [1.29, 1.82) is 0 Å². The molecule has 0 aromatic rings. The molecule has 0 fully saturated rings. The third kappa shape index (κ3) is 5.51. The molecule has 0 bridgehead atoms. The van der Waals surface area contributed by atoms with E-state index >= 15 is 0 Å². The summed E-state index contributed by atoms with van der Waals surface area (Å²) in [5, 5.41) is -13.2. The molecule has 0 saturated carbocycles. The molecular weight excluding hydrogens is 440 g/mol. The summed E-state index contributed by atoms with van der Waals surface area (Å²) in [5.41, 5.74) is 0. The molecule has 0 radical (unpaired) electrons. The molecule has 6 nitrogen and oxygen atoms in total. The van der Waals surface area contributed by atoms with Gasteiger partial charge in [-0.25, -0.2) is 8.42 Å². The zero-order valence-corrected chi connectivity index (χ0v) is 17.1. The van der Waals surface area contributed by atoms with E-state index in [1.165, 1.54) is 6.92 Å². The highest BCUT2D eigenvalue weighted by Gasteiger charge is 2.82. The van der Waals surface area contributed by atoms with E-state index in [9.17, 15) is 43.2 Å². The number of alkyl halides is 6. The summed E-state index contributed by atoms with van der Waals surface area (Å²) in [6.45, 7) is 2.03. The summed E-state index contributed by atoms with van der Waals surface area (Å²) in [6.07, 6.45) is 3.60. The van der Waals surface area contributed by atoms with Gasteiger partial charge in [-0.1, -0.05) is 46.0 Å². The highest BCUT2D eigenvalue weighted by molar-refractivity contribution is 7.90. The summed E-state index contributed by atoms with van der Waals surface area (Å²) in [5.74, 6) is -6.90. The Morgan fingerprint density at radius 1 is 0.714 bits per heavy atom. The van der Waals surface area contributed by atoms with Gasteiger partial charge < -0.3 is 0 Å². The Morgan fingerprint density at radius 2 is 1.18 bits per heavy atom. The summed E-state index contributed by atoms with van der Waals surface area (Å²) >= 11 is 0. The molecule has 0 aliphatic rings. The van der Waals surface area contributed by atoms with Crippen molar-refractivity contribution in [3.05, 3.63) is 0 Å². The average molecular weight is 465 g/mol. The first-order chi connectivity index (χ1) is 12.5. The molecular formula is C14H25F6NO5S2. The molecule has 1 N–H and O–H groups in total. The first-order valence-electron chi connectivity index (χ1n) is 8.62. The second-order valence-electron chi connectivity index (χ2n) is 6.25. The first-order valence-corrected chi connectivity index (χ1v) is 11.5. The Kier molecular flexibility index (Phi) is 9.72. The summed E-state index contributed by atoms with van der Waals surface area (Å²) in [6, 6.07) is 0. The van der Waals surface area contributed by atoms with Crippen LogP contribution in [-0.2, 0) is 20.1 Å². The fraction of sp³-hybridized carbons (Fsp3) is 1.00. The predicted molar refractivity (Wildman–Crippen MR) is 90.5 cm³/mol. The van der Waals surface area contributed by atoms with Crippen LogP contribution in [0.15, 0.2) is 0 Å². The van der Waals surface area contributed by atoms with E-state index in [2.05, 4.69) is 0 Å². The third-order valence-electron chi connectivity index (χ3n) is 3.95. The highest BCUT2D eigenvalue weighted by atomic mass is 32.2. The lowest BCUT2D eigenvalue weighted by atomic mass is 10.1. The first kappa shape index (κ1) is 27.4.